The first-order chi connectivity index (χ1) is 15.1. The topological polar surface area (TPSA) is 62.7 Å². The summed E-state index contributed by atoms with van der Waals surface area (Å²) in [5.41, 5.74) is -0.362. The van der Waals surface area contributed by atoms with Crippen molar-refractivity contribution in [3.05, 3.63) is 58.5 Å². The third-order valence-corrected chi connectivity index (χ3v) is 5.69. The molecule has 0 radical (unpaired) electrons. The van der Waals surface area contributed by atoms with Crippen LogP contribution in [0.25, 0.3) is 0 Å². The molecule has 32 heavy (non-hydrogen) atoms. The minimum atomic E-state index is -4.47. The van der Waals surface area contributed by atoms with E-state index in [1.807, 2.05) is 0 Å². The first kappa shape index (κ1) is 22.5. The molecule has 0 saturated carbocycles. The Morgan fingerprint density at radius 1 is 1.16 bits per heavy atom. The quantitative estimate of drug-likeness (QED) is 0.624. The molecule has 0 bridgehead atoms. The Morgan fingerprint density at radius 3 is 2.41 bits per heavy atom. The summed E-state index contributed by atoms with van der Waals surface area (Å²) in [5.74, 6) is -2.07. The molecule has 11 heteroatoms. The lowest BCUT2D eigenvalue weighted by molar-refractivity contribution is -0.146. The molecular formula is C21H18ClF4N3O3. The number of anilines is 1. The Morgan fingerprint density at radius 2 is 1.84 bits per heavy atom. The van der Waals surface area contributed by atoms with Crippen molar-refractivity contribution in [2.45, 2.75) is 25.2 Å². The van der Waals surface area contributed by atoms with Gasteiger partial charge in [-0.1, -0.05) is 23.7 Å². The number of carbonyl (C=O) groups is 2. The molecule has 0 N–H and O–H groups in total. The van der Waals surface area contributed by atoms with Crippen molar-refractivity contribution < 1.29 is 31.9 Å². The lowest BCUT2D eigenvalue weighted by Gasteiger charge is -2.42. The zero-order valence-corrected chi connectivity index (χ0v) is 17.4. The molecule has 2 fully saturated rings. The van der Waals surface area contributed by atoms with Crippen molar-refractivity contribution >= 4 is 29.2 Å². The van der Waals surface area contributed by atoms with E-state index in [0.29, 0.717) is 18.8 Å². The van der Waals surface area contributed by atoms with Crippen LogP contribution in [0.5, 0.6) is 0 Å². The first-order valence-corrected chi connectivity index (χ1v) is 10.2. The summed E-state index contributed by atoms with van der Waals surface area (Å²) < 4.78 is 58.1. The maximum Gasteiger partial charge on any atom is 0.416 e. The van der Waals surface area contributed by atoms with Crippen molar-refractivity contribution in [1.29, 1.82) is 0 Å². The number of ether oxygens (including phenoxy) is 1. The van der Waals surface area contributed by atoms with Crippen molar-refractivity contribution in [2.24, 2.45) is 5.92 Å². The summed E-state index contributed by atoms with van der Waals surface area (Å²) >= 11 is 5.73. The number of hydrogen-bond donors (Lipinski definition) is 0. The smallest absolute Gasteiger partial charge is 0.381 e. The summed E-state index contributed by atoms with van der Waals surface area (Å²) in [6.45, 7) is 0.368. The third kappa shape index (κ3) is 4.56. The molecule has 1 atom stereocenters. The average Bonchev–Trinajstić information content (AvgIpc) is 2.69. The number of rotatable bonds is 5. The van der Waals surface area contributed by atoms with Gasteiger partial charge in [-0.3, -0.25) is 14.5 Å². The van der Waals surface area contributed by atoms with E-state index < -0.39 is 42.0 Å². The molecule has 1 aromatic heterocycles. The highest BCUT2D eigenvalue weighted by Crippen LogP contribution is 2.31. The van der Waals surface area contributed by atoms with Gasteiger partial charge in [0.25, 0.3) is 5.91 Å². The zero-order valence-electron chi connectivity index (χ0n) is 16.6. The van der Waals surface area contributed by atoms with Gasteiger partial charge in [-0.25, -0.2) is 9.37 Å². The number of hydrogen-bond acceptors (Lipinski definition) is 4. The van der Waals surface area contributed by atoms with Gasteiger partial charge in [0.05, 0.1) is 23.8 Å². The number of alkyl halides is 3. The number of halogens is 5. The van der Waals surface area contributed by atoms with Crippen LogP contribution in [0.3, 0.4) is 0 Å². The fourth-order valence-electron chi connectivity index (χ4n) is 3.73. The van der Waals surface area contributed by atoms with Crippen molar-refractivity contribution in [1.82, 2.24) is 9.88 Å². The van der Waals surface area contributed by atoms with Crippen LogP contribution < -0.4 is 4.90 Å². The molecule has 170 valence electrons. The highest BCUT2D eigenvalue weighted by Gasteiger charge is 2.43. The normalized spacial score (nSPS) is 20.0. The monoisotopic (exact) mass is 471 g/mol. The largest absolute Gasteiger partial charge is 0.416 e. The van der Waals surface area contributed by atoms with E-state index in [-0.39, 0.29) is 29.7 Å². The fourth-order valence-corrected chi connectivity index (χ4v) is 3.88. The van der Waals surface area contributed by atoms with Gasteiger partial charge in [-0.2, -0.15) is 13.2 Å². The summed E-state index contributed by atoms with van der Waals surface area (Å²) in [4.78, 5) is 32.4. The minimum absolute atomic E-state index is 0.0369. The second-order valence-corrected chi connectivity index (χ2v) is 8.19. The van der Waals surface area contributed by atoms with Gasteiger partial charge in [0.1, 0.15) is 12.6 Å². The van der Waals surface area contributed by atoms with Crippen LogP contribution in [0.4, 0.5) is 23.4 Å². The maximum atomic E-state index is 14.4. The molecule has 1 unspecified atom stereocenters. The van der Waals surface area contributed by atoms with Crippen LogP contribution in [0.1, 0.15) is 17.5 Å². The Kier molecular flexibility index (Phi) is 6.09. The molecule has 2 aromatic rings. The molecule has 0 aliphatic carbocycles. The molecule has 2 amide bonds. The van der Waals surface area contributed by atoms with E-state index in [1.54, 1.807) is 0 Å². The second kappa shape index (κ2) is 8.67. The molecule has 1 aromatic carbocycles. The van der Waals surface area contributed by atoms with E-state index in [0.717, 1.165) is 23.1 Å². The zero-order chi connectivity index (χ0) is 23.0. The standard InChI is InChI=1S/C21H18ClF4N3O3/c22-15-6-16(23)19(27-7-15)29-9-18(30)28(17(20(29)31)5-13-10-32-11-13)8-12-1-3-14(4-2-12)21(24,25)26/h1-4,6-7,13,17H,5,8-11H2. The van der Waals surface area contributed by atoms with Crippen LogP contribution in [0, 0.1) is 11.7 Å². The van der Waals surface area contributed by atoms with E-state index in [2.05, 4.69) is 4.98 Å². The van der Waals surface area contributed by atoms with Gasteiger partial charge < -0.3 is 9.64 Å². The van der Waals surface area contributed by atoms with Crippen LogP contribution in [-0.4, -0.2) is 47.5 Å². The predicted octanol–water partition coefficient (Wildman–Crippen LogP) is 3.67. The Balaban J connectivity index is 1.60. The second-order valence-electron chi connectivity index (χ2n) is 7.75. The van der Waals surface area contributed by atoms with Gasteiger partial charge in [-0.15, -0.1) is 0 Å². The Hall–Kier alpha value is -2.72. The molecule has 6 nitrogen and oxygen atoms in total. The fraction of sp³-hybridized carbons (Fsp3) is 0.381. The lowest BCUT2D eigenvalue weighted by atomic mass is 9.94. The number of benzene rings is 1. The lowest BCUT2D eigenvalue weighted by Crippen LogP contribution is -2.61. The number of carbonyl (C=O) groups excluding carboxylic acids is 2. The molecule has 2 saturated heterocycles. The van der Waals surface area contributed by atoms with Gasteiger partial charge in [-0.05, 0) is 30.2 Å². The van der Waals surface area contributed by atoms with Gasteiger partial charge in [0, 0.05) is 18.7 Å². The number of aromatic nitrogens is 1. The van der Waals surface area contributed by atoms with Gasteiger partial charge >= 0.3 is 6.18 Å². The van der Waals surface area contributed by atoms with Crippen LogP contribution in [0.15, 0.2) is 36.5 Å². The number of nitrogens with zero attached hydrogens (tertiary/aromatic N) is 3. The molecule has 2 aliphatic rings. The SMILES string of the molecule is O=C1C(CC2COC2)N(Cc2ccc(C(F)(F)F)cc2)C(=O)CN1c1ncc(Cl)cc1F. The summed E-state index contributed by atoms with van der Waals surface area (Å²) in [5, 5.41) is 0.0501. The van der Waals surface area contributed by atoms with Gasteiger partial charge in [0.15, 0.2) is 11.6 Å². The molecule has 0 spiro atoms. The highest BCUT2D eigenvalue weighted by atomic mass is 35.5. The number of amides is 2. The van der Waals surface area contributed by atoms with Crippen molar-refractivity contribution in [3.63, 3.8) is 0 Å². The van der Waals surface area contributed by atoms with E-state index in [4.69, 9.17) is 16.3 Å². The molecule has 4 rings (SSSR count). The first-order valence-electron chi connectivity index (χ1n) is 9.79. The summed E-state index contributed by atoms with van der Waals surface area (Å²) in [6.07, 6.45) is -3.00. The molecule has 3 heterocycles. The Bertz CT molecular complexity index is 1030. The third-order valence-electron chi connectivity index (χ3n) is 5.48. The minimum Gasteiger partial charge on any atom is -0.381 e. The van der Waals surface area contributed by atoms with E-state index in [1.165, 1.54) is 23.2 Å². The van der Waals surface area contributed by atoms with Crippen LogP contribution in [0.2, 0.25) is 5.02 Å². The van der Waals surface area contributed by atoms with Crippen LogP contribution in [-0.2, 0) is 27.0 Å². The predicted molar refractivity (Wildman–Crippen MR) is 106 cm³/mol. The van der Waals surface area contributed by atoms with Crippen LogP contribution >= 0.6 is 11.6 Å². The number of pyridine rings is 1. The van der Waals surface area contributed by atoms with E-state index in [9.17, 15) is 27.2 Å². The van der Waals surface area contributed by atoms with Gasteiger partial charge in [0.2, 0.25) is 5.91 Å². The molecule has 2 aliphatic heterocycles. The van der Waals surface area contributed by atoms with Crippen molar-refractivity contribution in [3.8, 4) is 0 Å². The van der Waals surface area contributed by atoms with Crippen molar-refractivity contribution in [2.75, 3.05) is 24.7 Å². The summed E-state index contributed by atoms with van der Waals surface area (Å²) in [6, 6.07) is 4.49. The summed E-state index contributed by atoms with van der Waals surface area (Å²) in [7, 11) is 0. The number of piperazine rings is 1. The Labute approximate surface area is 185 Å². The maximum absolute atomic E-state index is 14.4. The van der Waals surface area contributed by atoms with E-state index >= 15 is 0 Å². The highest BCUT2D eigenvalue weighted by molar-refractivity contribution is 6.30. The molecular weight excluding hydrogens is 454 g/mol. The average molecular weight is 472 g/mol.